The van der Waals surface area contributed by atoms with Crippen LogP contribution in [-0.4, -0.2) is 17.9 Å². The van der Waals surface area contributed by atoms with Crippen LogP contribution in [0.4, 0.5) is 11.4 Å². The van der Waals surface area contributed by atoms with Crippen molar-refractivity contribution >= 4 is 23.2 Å². The molecule has 0 aliphatic rings. The van der Waals surface area contributed by atoms with Gasteiger partial charge in [0.05, 0.1) is 0 Å². The van der Waals surface area contributed by atoms with Crippen molar-refractivity contribution in [2.24, 2.45) is 0 Å². The number of anilines is 2. The van der Waals surface area contributed by atoms with Crippen LogP contribution >= 0.6 is 0 Å². The van der Waals surface area contributed by atoms with E-state index in [9.17, 15) is 9.59 Å². The van der Waals surface area contributed by atoms with Gasteiger partial charge in [-0.2, -0.15) is 0 Å². The minimum absolute atomic E-state index is 0.134. The zero-order valence-corrected chi connectivity index (χ0v) is 15.0. The highest BCUT2D eigenvalue weighted by Gasteiger charge is 2.17. The number of nitrogens with one attached hydrogen (secondary N) is 2. The van der Waals surface area contributed by atoms with E-state index >= 15 is 0 Å². The quantitative estimate of drug-likeness (QED) is 0.829. The fourth-order valence-electron chi connectivity index (χ4n) is 2.43. The van der Waals surface area contributed by atoms with Crippen molar-refractivity contribution in [3.63, 3.8) is 0 Å². The first kappa shape index (κ1) is 18.5. The van der Waals surface area contributed by atoms with E-state index in [0.29, 0.717) is 17.4 Å². The predicted molar refractivity (Wildman–Crippen MR) is 100.0 cm³/mol. The molecule has 2 aromatic rings. The molecule has 5 nitrogen and oxygen atoms in total. The van der Waals surface area contributed by atoms with Crippen LogP contribution in [0.3, 0.4) is 0 Å². The number of ether oxygens (including phenoxy) is 1. The Morgan fingerprint density at radius 1 is 0.920 bits per heavy atom. The van der Waals surface area contributed by atoms with E-state index < -0.39 is 6.10 Å². The van der Waals surface area contributed by atoms with Gasteiger partial charge in [0.15, 0.2) is 6.10 Å². The average Bonchev–Trinajstić information content (AvgIpc) is 2.56. The molecule has 0 aliphatic carbocycles. The summed E-state index contributed by atoms with van der Waals surface area (Å²) in [7, 11) is 0. The van der Waals surface area contributed by atoms with Gasteiger partial charge in [0.25, 0.3) is 5.91 Å². The Kier molecular flexibility index (Phi) is 6.17. The number of carbonyl (C=O) groups excluding carboxylic acids is 2. The summed E-state index contributed by atoms with van der Waals surface area (Å²) in [5.74, 6) is 0.534. The molecule has 2 amide bonds. The van der Waals surface area contributed by atoms with Gasteiger partial charge in [-0.05, 0) is 48.7 Å². The van der Waals surface area contributed by atoms with Crippen LogP contribution in [0.2, 0.25) is 0 Å². The van der Waals surface area contributed by atoms with E-state index in [-0.39, 0.29) is 11.8 Å². The minimum atomic E-state index is -0.646. The molecule has 0 saturated carbocycles. The third-order valence-corrected chi connectivity index (χ3v) is 3.70. The molecule has 0 bridgehead atoms. The summed E-state index contributed by atoms with van der Waals surface area (Å²) in [6.07, 6.45) is -0.646. The van der Waals surface area contributed by atoms with Crippen LogP contribution in [0.15, 0.2) is 48.5 Å². The number of hydrogen-bond acceptors (Lipinski definition) is 3. The molecule has 132 valence electrons. The van der Waals surface area contributed by atoms with Gasteiger partial charge in [-0.1, -0.05) is 32.0 Å². The van der Waals surface area contributed by atoms with Crippen molar-refractivity contribution in [3.05, 3.63) is 54.1 Å². The van der Waals surface area contributed by atoms with Crippen molar-refractivity contribution in [2.45, 2.75) is 39.7 Å². The molecule has 2 aromatic carbocycles. The van der Waals surface area contributed by atoms with Crippen LogP contribution in [0.5, 0.6) is 5.75 Å². The molecule has 25 heavy (non-hydrogen) atoms. The second-order valence-electron chi connectivity index (χ2n) is 6.20. The molecule has 0 fully saturated rings. The first-order valence-electron chi connectivity index (χ1n) is 8.31. The molecule has 1 atom stereocenters. The molecular weight excluding hydrogens is 316 g/mol. The van der Waals surface area contributed by atoms with Crippen LogP contribution < -0.4 is 15.4 Å². The standard InChI is InChI=1S/C20H24N2O3/c1-13(2)18-7-5-6-8-19(18)22-20(24)14(3)25-17-11-9-16(10-12-17)21-15(4)23/h5-14H,1-4H3,(H,21,23)(H,22,24). The van der Waals surface area contributed by atoms with Gasteiger partial charge < -0.3 is 15.4 Å². The highest BCUT2D eigenvalue weighted by Crippen LogP contribution is 2.24. The zero-order valence-electron chi connectivity index (χ0n) is 15.0. The predicted octanol–water partition coefficient (Wildman–Crippen LogP) is 4.17. The Hall–Kier alpha value is -2.82. The van der Waals surface area contributed by atoms with Crippen LogP contribution in [0.25, 0.3) is 0 Å². The second kappa shape index (κ2) is 8.33. The molecule has 2 N–H and O–H groups in total. The zero-order chi connectivity index (χ0) is 18.4. The Labute approximate surface area is 148 Å². The Bertz CT molecular complexity index is 739. The number of carbonyl (C=O) groups is 2. The topological polar surface area (TPSA) is 67.4 Å². The van der Waals surface area contributed by atoms with Gasteiger partial charge in [-0.25, -0.2) is 0 Å². The Morgan fingerprint density at radius 3 is 2.16 bits per heavy atom. The summed E-state index contributed by atoms with van der Waals surface area (Å²) in [5.41, 5.74) is 2.57. The number of hydrogen-bond donors (Lipinski definition) is 2. The number of benzene rings is 2. The molecule has 5 heteroatoms. The number of para-hydroxylation sites is 1. The summed E-state index contributed by atoms with van der Waals surface area (Å²) in [6.45, 7) is 7.32. The van der Waals surface area contributed by atoms with Gasteiger partial charge in [0, 0.05) is 18.3 Å². The van der Waals surface area contributed by atoms with E-state index in [2.05, 4.69) is 24.5 Å². The third-order valence-electron chi connectivity index (χ3n) is 3.70. The van der Waals surface area contributed by atoms with Crippen molar-refractivity contribution in [3.8, 4) is 5.75 Å². The van der Waals surface area contributed by atoms with E-state index in [1.54, 1.807) is 31.2 Å². The van der Waals surface area contributed by atoms with Crippen LogP contribution in [0.1, 0.15) is 39.2 Å². The van der Waals surface area contributed by atoms with Gasteiger partial charge in [-0.15, -0.1) is 0 Å². The lowest BCUT2D eigenvalue weighted by atomic mass is 10.0. The van der Waals surface area contributed by atoms with E-state index in [4.69, 9.17) is 4.74 Å². The van der Waals surface area contributed by atoms with Gasteiger partial charge >= 0.3 is 0 Å². The fraction of sp³-hybridized carbons (Fsp3) is 0.300. The van der Waals surface area contributed by atoms with Crippen LogP contribution in [-0.2, 0) is 9.59 Å². The lowest BCUT2D eigenvalue weighted by Gasteiger charge is -2.18. The number of rotatable bonds is 6. The smallest absolute Gasteiger partial charge is 0.265 e. The second-order valence-corrected chi connectivity index (χ2v) is 6.20. The molecule has 0 heterocycles. The number of amides is 2. The molecular formula is C20H24N2O3. The van der Waals surface area contributed by atoms with Crippen LogP contribution in [0, 0.1) is 0 Å². The molecule has 0 spiro atoms. The third kappa shape index (κ3) is 5.35. The SMILES string of the molecule is CC(=O)Nc1ccc(OC(C)C(=O)Nc2ccccc2C(C)C)cc1. The molecule has 0 aromatic heterocycles. The summed E-state index contributed by atoms with van der Waals surface area (Å²) >= 11 is 0. The molecule has 0 aliphatic heterocycles. The largest absolute Gasteiger partial charge is 0.481 e. The summed E-state index contributed by atoms with van der Waals surface area (Å²) in [6, 6.07) is 14.7. The summed E-state index contributed by atoms with van der Waals surface area (Å²) in [5, 5.41) is 5.61. The van der Waals surface area contributed by atoms with Crippen molar-refractivity contribution in [1.29, 1.82) is 0 Å². The van der Waals surface area contributed by atoms with Crippen molar-refractivity contribution in [1.82, 2.24) is 0 Å². The van der Waals surface area contributed by atoms with E-state index in [0.717, 1.165) is 11.3 Å². The normalized spacial score (nSPS) is 11.7. The first-order valence-corrected chi connectivity index (χ1v) is 8.31. The van der Waals surface area contributed by atoms with E-state index in [1.165, 1.54) is 6.92 Å². The molecule has 1 unspecified atom stereocenters. The maximum absolute atomic E-state index is 12.4. The highest BCUT2D eigenvalue weighted by atomic mass is 16.5. The highest BCUT2D eigenvalue weighted by molar-refractivity contribution is 5.95. The molecule has 0 radical (unpaired) electrons. The summed E-state index contributed by atoms with van der Waals surface area (Å²) in [4.78, 5) is 23.4. The van der Waals surface area contributed by atoms with Crippen molar-refractivity contribution < 1.29 is 14.3 Å². The molecule has 0 saturated heterocycles. The fourth-order valence-corrected chi connectivity index (χ4v) is 2.43. The maximum Gasteiger partial charge on any atom is 0.265 e. The Morgan fingerprint density at radius 2 is 1.56 bits per heavy atom. The maximum atomic E-state index is 12.4. The van der Waals surface area contributed by atoms with Gasteiger partial charge in [0.2, 0.25) is 5.91 Å². The van der Waals surface area contributed by atoms with E-state index in [1.807, 2.05) is 24.3 Å². The van der Waals surface area contributed by atoms with Gasteiger partial charge in [0.1, 0.15) is 5.75 Å². The monoisotopic (exact) mass is 340 g/mol. The summed E-state index contributed by atoms with van der Waals surface area (Å²) < 4.78 is 5.68. The van der Waals surface area contributed by atoms with Crippen molar-refractivity contribution in [2.75, 3.05) is 10.6 Å². The minimum Gasteiger partial charge on any atom is -0.481 e. The first-order chi connectivity index (χ1) is 11.9. The average molecular weight is 340 g/mol. The lowest BCUT2D eigenvalue weighted by Crippen LogP contribution is -2.30. The lowest BCUT2D eigenvalue weighted by molar-refractivity contribution is -0.122. The Balaban J connectivity index is 2.00. The van der Waals surface area contributed by atoms with Gasteiger partial charge in [-0.3, -0.25) is 9.59 Å². The molecule has 2 rings (SSSR count).